The number of hydrogen-bond acceptors (Lipinski definition) is 4. The molecule has 0 aliphatic carbocycles. The lowest BCUT2D eigenvalue weighted by molar-refractivity contribution is -0.115. The smallest absolute Gasteiger partial charge is 0.336 e. The van der Waals surface area contributed by atoms with Gasteiger partial charge in [-0.2, -0.15) is 5.26 Å². The van der Waals surface area contributed by atoms with Crippen LogP contribution in [0.2, 0.25) is 0 Å². The average Bonchev–Trinajstić information content (AvgIpc) is 2.67. The molecule has 1 heterocycles. The maximum atomic E-state index is 11.7. The molecule has 3 rings (SSSR count). The van der Waals surface area contributed by atoms with E-state index in [1.165, 1.54) is 0 Å². The zero-order valence-electron chi connectivity index (χ0n) is 14.7. The van der Waals surface area contributed by atoms with Gasteiger partial charge in [0.15, 0.2) is 0 Å². The van der Waals surface area contributed by atoms with Crippen LogP contribution in [0.4, 0.5) is 5.69 Å². The Morgan fingerprint density at radius 1 is 1.15 bits per heavy atom. The first kappa shape index (κ1) is 18.1. The molecule has 0 aliphatic heterocycles. The maximum absolute atomic E-state index is 11.7. The van der Waals surface area contributed by atoms with Crippen LogP contribution in [0.15, 0.2) is 48.5 Å². The van der Waals surface area contributed by atoms with Crippen LogP contribution in [0.5, 0.6) is 0 Å². The Labute approximate surface area is 156 Å². The summed E-state index contributed by atoms with van der Waals surface area (Å²) < 4.78 is 0. The molecule has 6 heteroatoms. The van der Waals surface area contributed by atoms with Gasteiger partial charge in [-0.25, -0.2) is 9.78 Å². The molecule has 6 nitrogen and oxygen atoms in total. The van der Waals surface area contributed by atoms with Crippen molar-refractivity contribution in [1.82, 2.24) is 4.98 Å². The predicted octanol–water partition coefficient (Wildman–Crippen LogP) is 4.01. The molecule has 3 aromatic rings. The lowest BCUT2D eigenvalue weighted by Crippen LogP contribution is -2.09. The number of carboxylic acids is 1. The standard InChI is InChI=1S/C21H17N3O3/c1-2-13-3-8-18-16(11-13)17(21(26)27)12-19(24-18)14-4-6-15(7-5-14)23-20(25)9-10-22/h3-8,11-12H,2,9H2,1H3,(H,23,25)(H,26,27). The third-order valence-electron chi connectivity index (χ3n) is 4.22. The van der Waals surface area contributed by atoms with E-state index in [2.05, 4.69) is 10.3 Å². The second kappa shape index (κ2) is 7.67. The average molecular weight is 359 g/mol. The quantitative estimate of drug-likeness (QED) is 0.716. The zero-order valence-corrected chi connectivity index (χ0v) is 14.7. The lowest BCUT2D eigenvalue weighted by Gasteiger charge is -2.09. The van der Waals surface area contributed by atoms with Crippen LogP contribution in [0.3, 0.4) is 0 Å². The molecular formula is C21H17N3O3. The van der Waals surface area contributed by atoms with Crippen molar-refractivity contribution in [3.8, 4) is 17.3 Å². The van der Waals surface area contributed by atoms with Gasteiger partial charge in [0, 0.05) is 16.6 Å². The van der Waals surface area contributed by atoms with Crippen LogP contribution in [0, 0.1) is 11.3 Å². The number of fused-ring (bicyclic) bond motifs is 1. The number of carbonyl (C=O) groups excluding carboxylic acids is 1. The molecule has 2 aromatic carbocycles. The Morgan fingerprint density at radius 2 is 1.89 bits per heavy atom. The fourth-order valence-electron chi connectivity index (χ4n) is 2.82. The molecule has 0 aliphatic rings. The van der Waals surface area contributed by atoms with Crippen molar-refractivity contribution in [1.29, 1.82) is 5.26 Å². The van der Waals surface area contributed by atoms with Gasteiger partial charge in [0.05, 0.1) is 22.8 Å². The summed E-state index contributed by atoms with van der Waals surface area (Å²) in [6.07, 6.45) is 0.603. The first-order valence-electron chi connectivity index (χ1n) is 8.46. The van der Waals surface area contributed by atoms with E-state index >= 15 is 0 Å². The largest absolute Gasteiger partial charge is 0.478 e. The Kier molecular flexibility index (Phi) is 5.13. The number of carbonyl (C=O) groups is 2. The fraction of sp³-hybridized carbons (Fsp3) is 0.143. The number of carboxylic acid groups (broad SMARTS) is 1. The zero-order chi connectivity index (χ0) is 19.4. The fourth-order valence-corrected chi connectivity index (χ4v) is 2.82. The molecule has 1 aromatic heterocycles. The van der Waals surface area contributed by atoms with E-state index in [4.69, 9.17) is 5.26 Å². The van der Waals surface area contributed by atoms with Crippen molar-refractivity contribution in [3.63, 3.8) is 0 Å². The minimum atomic E-state index is -1.00. The molecule has 0 spiro atoms. The van der Waals surface area contributed by atoms with Crippen LogP contribution in [-0.2, 0) is 11.2 Å². The molecule has 134 valence electrons. The highest BCUT2D eigenvalue weighted by molar-refractivity contribution is 6.04. The molecular weight excluding hydrogens is 342 g/mol. The summed E-state index contributed by atoms with van der Waals surface area (Å²) in [5.74, 6) is -1.38. The van der Waals surface area contributed by atoms with E-state index in [9.17, 15) is 14.7 Å². The van der Waals surface area contributed by atoms with Gasteiger partial charge in [0.25, 0.3) is 0 Å². The highest BCUT2D eigenvalue weighted by atomic mass is 16.4. The number of rotatable bonds is 5. The number of hydrogen-bond donors (Lipinski definition) is 2. The highest BCUT2D eigenvalue weighted by Crippen LogP contribution is 2.27. The van der Waals surface area contributed by atoms with E-state index in [-0.39, 0.29) is 17.9 Å². The van der Waals surface area contributed by atoms with E-state index in [1.54, 1.807) is 36.4 Å². The molecule has 27 heavy (non-hydrogen) atoms. The summed E-state index contributed by atoms with van der Waals surface area (Å²) in [7, 11) is 0. The number of aryl methyl sites for hydroxylation is 1. The molecule has 1 amide bonds. The van der Waals surface area contributed by atoms with E-state index in [0.717, 1.165) is 17.5 Å². The molecule has 0 saturated heterocycles. The Bertz CT molecular complexity index is 1070. The van der Waals surface area contributed by atoms with E-state index in [1.807, 2.05) is 25.1 Å². The highest BCUT2D eigenvalue weighted by Gasteiger charge is 2.13. The Hall–Kier alpha value is -3.72. The number of amides is 1. The predicted molar refractivity (Wildman–Crippen MR) is 102 cm³/mol. The summed E-state index contributed by atoms with van der Waals surface area (Å²) in [6.45, 7) is 2.01. The van der Waals surface area contributed by atoms with Crippen LogP contribution in [0.1, 0.15) is 29.3 Å². The lowest BCUT2D eigenvalue weighted by atomic mass is 10.0. The van der Waals surface area contributed by atoms with Gasteiger partial charge in [0.2, 0.25) is 5.91 Å². The second-order valence-corrected chi connectivity index (χ2v) is 6.03. The first-order valence-corrected chi connectivity index (χ1v) is 8.46. The molecule has 2 N–H and O–H groups in total. The van der Waals surface area contributed by atoms with Crippen LogP contribution in [-0.4, -0.2) is 22.0 Å². The number of pyridine rings is 1. The van der Waals surface area contributed by atoms with Gasteiger partial charge in [-0.05, 0) is 42.3 Å². The summed E-state index contributed by atoms with van der Waals surface area (Å²) in [5.41, 5.74) is 3.71. The third-order valence-corrected chi connectivity index (χ3v) is 4.22. The summed E-state index contributed by atoms with van der Waals surface area (Å²) >= 11 is 0. The Balaban J connectivity index is 2.00. The monoisotopic (exact) mass is 359 g/mol. The number of nitrogens with zero attached hydrogens (tertiary/aromatic N) is 2. The maximum Gasteiger partial charge on any atom is 0.336 e. The molecule has 0 atom stereocenters. The van der Waals surface area contributed by atoms with E-state index < -0.39 is 5.97 Å². The van der Waals surface area contributed by atoms with Crippen molar-refractivity contribution in [3.05, 3.63) is 59.7 Å². The van der Waals surface area contributed by atoms with Gasteiger partial charge >= 0.3 is 5.97 Å². The minimum absolute atomic E-state index is 0.205. The van der Waals surface area contributed by atoms with Crippen molar-refractivity contribution in [2.75, 3.05) is 5.32 Å². The third kappa shape index (κ3) is 3.93. The van der Waals surface area contributed by atoms with Gasteiger partial charge in [-0.1, -0.05) is 25.1 Å². The second-order valence-electron chi connectivity index (χ2n) is 6.03. The molecule has 0 saturated carbocycles. The number of aromatic nitrogens is 1. The van der Waals surface area contributed by atoms with Crippen LogP contribution < -0.4 is 5.32 Å². The van der Waals surface area contributed by atoms with Crippen molar-refractivity contribution < 1.29 is 14.7 Å². The van der Waals surface area contributed by atoms with Gasteiger partial charge < -0.3 is 10.4 Å². The number of anilines is 1. The summed E-state index contributed by atoms with van der Waals surface area (Å²) in [6, 6.07) is 15.9. The molecule has 0 unspecified atom stereocenters. The normalized spacial score (nSPS) is 10.4. The summed E-state index contributed by atoms with van der Waals surface area (Å²) in [5, 5.41) is 21.4. The molecule has 0 bridgehead atoms. The minimum Gasteiger partial charge on any atom is -0.478 e. The van der Waals surface area contributed by atoms with Gasteiger partial charge in [-0.3, -0.25) is 4.79 Å². The number of nitrogens with one attached hydrogen (secondary N) is 1. The molecule has 0 fully saturated rings. The van der Waals surface area contributed by atoms with Crippen molar-refractivity contribution >= 4 is 28.5 Å². The number of benzene rings is 2. The van der Waals surface area contributed by atoms with Gasteiger partial charge in [0.1, 0.15) is 6.42 Å². The van der Waals surface area contributed by atoms with Crippen LogP contribution >= 0.6 is 0 Å². The topological polar surface area (TPSA) is 103 Å². The summed E-state index contributed by atoms with van der Waals surface area (Å²) in [4.78, 5) is 27.8. The van der Waals surface area contributed by atoms with Gasteiger partial charge in [-0.15, -0.1) is 0 Å². The number of aromatic carboxylic acids is 1. The molecule has 0 radical (unpaired) electrons. The van der Waals surface area contributed by atoms with Crippen LogP contribution in [0.25, 0.3) is 22.2 Å². The SMILES string of the molecule is CCc1ccc2nc(-c3ccc(NC(=O)CC#N)cc3)cc(C(=O)O)c2c1. The van der Waals surface area contributed by atoms with Crippen molar-refractivity contribution in [2.24, 2.45) is 0 Å². The first-order chi connectivity index (χ1) is 13.0. The Morgan fingerprint density at radius 3 is 2.52 bits per heavy atom. The van der Waals surface area contributed by atoms with E-state index in [0.29, 0.717) is 22.3 Å². The van der Waals surface area contributed by atoms with Crippen molar-refractivity contribution in [2.45, 2.75) is 19.8 Å². The number of nitriles is 1.